The molecule has 2 aromatic carbocycles. The SMILES string of the molecule is O=C(Cc1cccc(C(F)(F)F)c1)N1CCN(Cc2ccccc2)[C@@H]2COC[C@H](N3CCCC3)[C@H]21. The zero-order chi connectivity index (χ0) is 24.4. The van der Waals surface area contributed by atoms with Gasteiger partial charge in [-0.15, -0.1) is 0 Å². The molecule has 3 atom stereocenters. The highest BCUT2D eigenvalue weighted by atomic mass is 19.4. The van der Waals surface area contributed by atoms with Gasteiger partial charge in [-0.05, 0) is 43.1 Å². The molecule has 3 saturated heterocycles. The number of alkyl halides is 3. The number of carbonyl (C=O) groups excluding carboxylic acids is 1. The number of benzene rings is 2. The lowest BCUT2D eigenvalue weighted by Gasteiger charge is -2.54. The first-order valence-corrected chi connectivity index (χ1v) is 12.5. The van der Waals surface area contributed by atoms with Crippen molar-refractivity contribution in [2.75, 3.05) is 39.4 Å². The number of hydrogen-bond donors (Lipinski definition) is 0. The van der Waals surface area contributed by atoms with Crippen molar-refractivity contribution in [3.63, 3.8) is 0 Å². The first-order valence-electron chi connectivity index (χ1n) is 12.5. The molecule has 5 nitrogen and oxygen atoms in total. The van der Waals surface area contributed by atoms with Crippen molar-refractivity contribution < 1.29 is 22.7 Å². The fourth-order valence-corrected chi connectivity index (χ4v) is 5.88. The van der Waals surface area contributed by atoms with Gasteiger partial charge in [0.25, 0.3) is 0 Å². The molecule has 5 rings (SSSR count). The summed E-state index contributed by atoms with van der Waals surface area (Å²) in [7, 11) is 0. The summed E-state index contributed by atoms with van der Waals surface area (Å²) in [4.78, 5) is 20.4. The smallest absolute Gasteiger partial charge is 0.378 e. The van der Waals surface area contributed by atoms with Crippen LogP contribution in [0, 0.1) is 0 Å². The van der Waals surface area contributed by atoms with Crippen LogP contribution in [0.5, 0.6) is 0 Å². The molecule has 1 amide bonds. The van der Waals surface area contributed by atoms with E-state index in [2.05, 4.69) is 21.9 Å². The van der Waals surface area contributed by atoms with E-state index in [0.717, 1.165) is 44.6 Å². The summed E-state index contributed by atoms with van der Waals surface area (Å²) in [6.45, 7) is 5.17. The summed E-state index contributed by atoms with van der Waals surface area (Å²) in [5.41, 5.74) is 0.908. The molecule has 0 unspecified atom stereocenters. The number of ether oxygens (including phenoxy) is 1. The van der Waals surface area contributed by atoms with Gasteiger partial charge >= 0.3 is 6.18 Å². The minimum absolute atomic E-state index is 0.0284. The molecular formula is C27H32F3N3O2. The Morgan fingerprint density at radius 3 is 2.34 bits per heavy atom. The van der Waals surface area contributed by atoms with E-state index >= 15 is 0 Å². The Morgan fingerprint density at radius 2 is 1.60 bits per heavy atom. The molecule has 35 heavy (non-hydrogen) atoms. The summed E-state index contributed by atoms with van der Waals surface area (Å²) < 4.78 is 45.7. The normalized spacial score (nSPS) is 26.0. The average molecular weight is 488 g/mol. The number of carbonyl (C=O) groups is 1. The van der Waals surface area contributed by atoms with E-state index in [4.69, 9.17) is 4.74 Å². The minimum atomic E-state index is -4.42. The lowest BCUT2D eigenvalue weighted by atomic mass is 9.90. The van der Waals surface area contributed by atoms with Crippen molar-refractivity contribution >= 4 is 5.91 Å². The van der Waals surface area contributed by atoms with E-state index in [-0.39, 0.29) is 30.5 Å². The quantitative estimate of drug-likeness (QED) is 0.643. The third-order valence-electron chi connectivity index (χ3n) is 7.59. The van der Waals surface area contributed by atoms with E-state index < -0.39 is 11.7 Å². The van der Waals surface area contributed by atoms with Gasteiger partial charge in [0.2, 0.25) is 5.91 Å². The summed E-state index contributed by atoms with van der Waals surface area (Å²) in [6.07, 6.45) is -2.17. The largest absolute Gasteiger partial charge is 0.416 e. The molecule has 0 N–H and O–H groups in total. The molecule has 3 aliphatic rings. The van der Waals surface area contributed by atoms with Gasteiger partial charge in [-0.2, -0.15) is 13.2 Å². The summed E-state index contributed by atoms with van der Waals surface area (Å²) >= 11 is 0. The molecule has 0 aromatic heterocycles. The number of hydrogen-bond acceptors (Lipinski definition) is 4. The predicted molar refractivity (Wildman–Crippen MR) is 127 cm³/mol. The number of likely N-dealkylation sites (tertiary alicyclic amines) is 1. The number of fused-ring (bicyclic) bond motifs is 1. The Bertz CT molecular complexity index is 1010. The topological polar surface area (TPSA) is 36.0 Å². The Kier molecular flexibility index (Phi) is 7.14. The van der Waals surface area contributed by atoms with Gasteiger partial charge in [0.1, 0.15) is 0 Å². The third-order valence-corrected chi connectivity index (χ3v) is 7.59. The molecule has 0 aliphatic carbocycles. The van der Waals surface area contributed by atoms with Gasteiger partial charge in [0, 0.05) is 19.6 Å². The molecule has 0 radical (unpaired) electrons. The monoisotopic (exact) mass is 487 g/mol. The van der Waals surface area contributed by atoms with Crippen molar-refractivity contribution in [2.24, 2.45) is 0 Å². The van der Waals surface area contributed by atoms with Gasteiger partial charge in [0.15, 0.2) is 0 Å². The van der Waals surface area contributed by atoms with Crippen molar-refractivity contribution in [3.05, 3.63) is 71.3 Å². The molecule has 0 bridgehead atoms. The van der Waals surface area contributed by atoms with Crippen LogP contribution in [0.4, 0.5) is 13.2 Å². The van der Waals surface area contributed by atoms with Crippen LogP contribution in [-0.4, -0.2) is 78.1 Å². The first kappa shape index (κ1) is 24.3. The van der Waals surface area contributed by atoms with Crippen LogP contribution in [0.25, 0.3) is 0 Å². The Balaban J connectivity index is 1.39. The standard InChI is InChI=1S/C27H32F3N3O2/c28-27(29,30)22-10-6-9-21(15-22)16-25(34)33-14-13-32(17-20-7-2-1-3-8-20)24-19-35-18-23(26(24)33)31-11-4-5-12-31/h1-3,6-10,15,23-24,26H,4-5,11-14,16-19H2/t23-,24+,26+/m0/s1. The average Bonchev–Trinajstić information content (AvgIpc) is 3.39. The highest BCUT2D eigenvalue weighted by Crippen LogP contribution is 2.32. The van der Waals surface area contributed by atoms with E-state index in [1.807, 2.05) is 23.1 Å². The van der Waals surface area contributed by atoms with Gasteiger partial charge in [0.05, 0.1) is 43.3 Å². The minimum Gasteiger partial charge on any atom is -0.378 e. The number of amides is 1. The predicted octanol–water partition coefficient (Wildman–Crippen LogP) is 3.82. The fourth-order valence-electron chi connectivity index (χ4n) is 5.88. The Hall–Kier alpha value is -2.42. The summed E-state index contributed by atoms with van der Waals surface area (Å²) in [5, 5.41) is 0. The third kappa shape index (κ3) is 5.39. The molecule has 0 saturated carbocycles. The zero-order valence-electron chi connectivity index (χ0n) is 19.8. The second kappa shape index (κ2) is 10.3. The molecule has 8 heteroatoms. The number of piperazine rings is 1. The highest BCUT2D eigenvalue weighted by Gasteiger charge is 2.47. The van der Waals surface area contributed by atoms with Crippen LogP contribution < -0.4 is 0 Å². The van der Waals surface area contributed by atoms with Crippen molar-refractivity contribution in [1.82, 2.24) is 14.7 Å². The number of nitrogens with zero attached hydrogens (tertiary/aromatic N) is 3. The molecule has 0 spiro atoms. The lowest BCUT2D eigenvalue weighted by molar-refractivity contribution is -0.153. The van der Waals surface area contributed by atoms with Crippen molar-refractivity contribution in [1.29, 1.82) is 0 Å². The molecule has 3 fully saturated rings. The molecule has 188 valence electrons. The molecule has 3 aliphatic heterocycles. The highest BCUT2D eigenvalue weighted by molar-refractivity contribution is 5.79. The van der Waals surface area contributed by atoms with E-state index in [1.54, 1.807) is 6.07 Å². The van der Waals surface area contributed by atoms with Crippen LogP contribution in [0.3, 0.4) is 0 Å². The fraction of sp³-hybridized carbons (Fsp3) is 0.519. The maximum absolute atomic E-state index is 13.6. The number of halogens is 3. The first-order chi connectivity index (χ1) is 16.9. The van der Waals surface area contributed by atoms with E-state index in [0.29, 0.717) is 31.9 Å². The van der Waals surface area contributed by atoms with Gasteiger partial charge in [-0.1, -0.05) is 48.5 Å². The van der Waals surface area contributed by atoms with Crippen LogP contribution in [0.15, 0.2) is 54.6 Å². The van der Waals surface area contributed by atoms with Crippen molar-refractivity contribution in [3.8, 4) is 0 Å². The van der Waals surface area contributed by atoms with Crippen LogP contribution >= 0.6 is 0 Å². The Labute approximate surface area is 204 Å². The molecule has 2 aromatic rings. The second-order valence-electron chi connectivity index (χ2n) is 9.82. The van der Waals surface area contributed by atoms with Crippen LogP contribution in [0.2, 0.25) is 0 Å². The van der Waals surface area contributed by atoms with Gasteiger partial charge in [-0.3, -0.25) is 14.6 Å². The number of rotatable bonds is 5. The molecule has 3 heterocycles. The second-order valence-corrected chi connectivity index (χ2v) is 9.82. The van der Waals surface area contributed by atoms with Crippen LogP contribution in [0.1, 0.15) is 29.5 Å². The maximum atomic E-state index is 13.6. The summed E-state index contributed by atoms with van der Waals surface area (Å²) in [6, 6.07) is 15.5. The zero-order valence-corrected chi connectivity index (χ0v) is 19.8. The van der Waals surface area contributed by atoms with E-state index in [1.165, 1.54) is 11.6 Å². The van der Waals surface area contributed by atoms with Gasteiger partial charge < -0.3 is 9.64 Å². The summed E-state index contributed by atoms with van der Waals surface area (Å²) in [5.74, 6) is -0.107. The van der Waals surface area contributed by atoms with Gasteiger partial charge in [-0.25, -0.2) is 0 Å². The van der Waals surface area contributed by atoms with Crippen molar-refractivity contribution in [2.45, 2.75) is 50.1 Å². The maximum Gasteiger partial charge on any atom is 0.416 e. The van der Waals surface area contributed by atoms with E-state index in [9.17, 15) is 18.0 Å². The molecular weight excluding hydrogens is 455 g/mol. The van der Waals surface area contributed by atoms with Crippen LogP contribution in [-0.2, 0) is 28.7 Å². The Morgan fingerprint density at radius 1 is 0.886 bits per heavy atom. The lowest BCUT2D eigenvalue weighted by Crippen LogP contribution is -2.71.